The number of aromatic nitrogens is 3. The van der Waals surface area contributed by atoms with E-state index in [9.17, 15) is 9.59 Å². The molecule has 2 aromatic heterocycles. The number of ether oxygens (including phenoxy) is 1. The molecule has 1 amide bonds. The molecular formula is C19H21N5O3. The second kappa shape index (κ2) is 6.55. The second-order valence-electron chi connectivity index (χ2n) is 6.89. The molecule has 8 nitrogen and oxygen atoms in total. The van der Waals surface area contributed by atoms with Gasteiger partial charge in [0.05, 0.1) is 30.1 Å². The van der Waals surface area contributed by atoms with Gasteiger partial charge in [-0.25, -0.2) is 0 Å². The monoisotopic (exact) mass is 367 g/mol. The van der Waals surface area contributed by atoms with Crippen molar-refractivity contribution in [1.82, 2.24) is 20.1 Å². The molecule has 1 aromatic carbocycles. The minimum Gasteiger partial charge on any atom is -0.397 e. The van der Waals surface area contributed by atoms with Crippen LogP contribution in [0.15, 0.2) is 29.2 Å². The molecule has 1 aliphatic rings. The molecule has 3 aromatic rings. The average molecular weight is 367 g/mol. The summed E-state index contributed by atoms with van der Waals surface area (Å²) < 4.78 is 6.81. The van der Waals surface area contributed by atoms with Crippen LogP contribution in [0, 0.1) is 12.8 Å². The lowest BCUT2D eigenvalue weighted by Gasteiger charge is -2.25. The standard InChI is InChI=1S/C19H21N5O3/c1-10-14(7-24(2)23-10)12-4-3-5-13-16(20)15(19(26)22-17(12)13)18(25)21-6-11-8-27-9-11/h3-5,7,11H,6,8-9H2,1-2H3,(H,21,25)(H3,20,22,26). The van der Waals surface area contributed by atoms with Gasteiger partial charge in [0.15, 0.2) is 0 Å². The smallest absolute Gasteiger partial charge is 0.263 e. The number of amides is 1. The van der Waals surface area contributed by atoms with E-state index in [1.807, 2.05) is 32.3 Å². The number of nitrogens with two attached hydrogens (primary N) is 1. The van der Waals surface area contributed by atoms with E-state index in [1.54, 1.807) is 10.7 Å². The number of aromatic amines is 1. The number of anilines is 1. The summed E-state index contributed by atoms with van der Waals surface area (Å²) >= 11 is 0. The van der Waals surface area contributed by atoms with Gasteiger partial charge in [0.2, 0.25) is 0 Å². The topological polar surface area (TPSA) is 115 Å². The van der Waals surface area contributed by atoms with E-state index in [1.165, 1.54) is 0 Å². The summed E-state index contributed by atoms with van der Waals surface area (Å²) in [5.41, 5.74) is 9.02. The van der Waals surface area contributed by atoms with E-state index in [2.05, 4.69) is 15.4 Å². The highest BCUT2D eigenvalue weighted by molar-refractivity contribution is 6.09. The molecule has 0 atom stereocenters. The number of para-hydroxylation sites is 1. The maximum Gasteiger partial charge on any atom is 0.263 e. The number of hydrogen-bond donors (Lipinski definition) is 3. The van der Waals surface area contributed by atoms with Crippen LogP contribution in [-0.2, 0) is 11.8 Å². The number of carbonyl (C=O) groups excluding carboxylic acids is 1. The first-order chi connectivity index (χ1) is 13.0. The number of H-pyrrole nitrogens is 1. The minimum absolute atomic E-state index is 0.0530. The number of hydrogen-bond acceptors (Lipinski definition) is 5. The van der Waals surface area contributed by atoms with Crippen molar-refractivity contribution in [1.29, 1.82) is 0 Å². The van der Waals surface area contributed by atoms with Crippen LogP contribution in [0.5, 0.6) is 0 Å². The molecule has 1 aliphatic heterocycles. The first-order valence-corrected chi connectivity index (χ1v) is 8.76. The predicted octanol–water partition coefficient (Wildman–Crippen LogP) is 1.20. The summed E-state index contributed by atoms with van der Waals surface area (Å²) in [6, 6.07) is 5.55. The number of nitrogens with one attached hydrogen (secondary N) is 2. The van der Waals surface area contributed by atoms with Gasteiger partial charge >= 0.3 is 0 Å². The minimum atomic E-state index is -0.503. The Morgan fingerprint density at radius 2 is 2.19 bits per heavy atom. The van der Waals surface area contributed by atoms with Crippen LogP contribution >= 0.6 is 0 Å². The maximum absolute atomic E-state index is 12.7. The van der Waals surface area contributed by atoms with Gasteiger partial charge in [-0.05, 0) is 6.92 Å². The Hall–Kier alpha value is -3.13. The third kappa shape index (κ3) is 2.97. The van der Waals surface area contributed by atoms with Gasteiger partial charge in [-0.15, -0.1) is 0 Å². The Kier molecular flexibility index (Phi) is 4.19. The van der Waals surface area contributed by atoms with Gasteiger partial charge in [0, 0.05) is 42.2 Å². The summed E-state index contributed by atoms with van der Waals surface area (Å²) in [6.07, 6.45) is 1.89. The van der Waals surface area contributed by atoms with E-state index in [-0.39, 0.29) is 17.2 Å². The molecule has 1 saturated heterocycles. The van der Waals surface area contributed by atoms with Gasteiger partial charge in [-0.1, -0.05) is 18.2 Å². The number of aryl methyl sites for hydroxylation is 2. The van der Waals surface area contributed by atoms with Crippen LogP contribution in [-0.4, -0.2) is 40.4 Å². The molecule has 140 valence electrons. The molecule has 0 radical (unpaired) electrons. The van der Waals surface area contributed by atoms with Gasteiger partial charge in [0.25, 0.3) is 11.5 Å². The fourth-order valence-electron chi connectivity index (χ4n) is 3.39. The zero-order valence-corrected chi connectivity index (χ0v) is 15.2. The second-order valence-corrected chi connectivity index (χ2v) is 6.89. The van der Waals surface area contributed by atoms with Gasteiger partial charge < -0.3 is 20.8 Å². The van der Waals surface area contributed by atoms with Crippen LogP contribution in [0.4, 0.5) is 5.69 Å². The molecule has 1 fully saturated rings. The van der Waals surface area contributed by atoms with Crippen molar-refractivity contribution in [3.05, 3.63) is 46.0 Å². The largest absolute Gasteiger partial charge is 0.397 e. The maximum atomic E-state index is 12.7. The normalized spacial score (nSPS) is 14.3. The molecule has 27 heavy (non-hydrogen) atoms. The number of fused-ring (bicyclic) bond motifs is 1. The highest BCUT2D eigenvalue weighted by Crippen LogP contribution is 2.31. The zero-order valence-electron chi connectivity index (χ0n) is 15.2. The van der Waals surface area contributed by atoms with Crippen LogP contribution in [0.3, 0.4) is 0 Å². The van der Waals surface area contributed by atoms with Crippen molar-refractivity contribution in [3.8, 4) is 11.1 Å². The Balaban J connectivity index is 1.79. The number of nitrogens with zero attached hydrogens (tertiary/aromatic N) is 2. The fourth-order valence-corrected chi connectivity index (χ4v) is 3.39. The quantitative estimate of drug-likeness (QED) is 0.641. The van der Waals surface area contributed by atoms with E-state index in [0.29, 0.717) is 30.7 Å². The van der Waals surface area contributed by atoms with E-state index >= 15 is 0 Å². The van der Waals surface area contributed by atoms with E-state index in [0.717, 1.165) is 16.8 Å². The molecule has 0 unspecified atom stereocenters. The fraction of sp³-hybridized carbons (Fsp3) is 0.316. The lowest BCUT2D eigenvalue weighted by atomic mass is 10.0. The molecule has 0 bridgehead atoms. The number of benzene rings is 1. The highest BCUT2D eigenvalue weighted by atomic mass is 16.5. The Morgan fingerprint density at radius 3 is 2.81 bits per heavy atom. The lowest BCUT2D eigenvalue weighted by molar-refractivity contribution is -0.0298. The number of carbonyl (C=O) groups is 1. The summed E-state index contributed by atoms with van der Waals surface area (Å²) in [5, 5.41) is 7.76. The third-order valence-electron chi connectivity index (χ3n) is 4.88. The van der Waals surface area contributed by atoms with E-state index < -0.39 is 11.5 Å². The summed E-state index contributed by atoms with van der Waals surface area (Å²) in [7, 11) is 1.84. The van der Waals surface area contributed by atoms with Crippen LogP contribution in [0.2, 0.25) is 0 Å². The average Bonchev–Trinajstić information content (AvgIpc) is 2.91. The number of pyridine rings is 1. The SMILES string of the molecule is Cc1nn(C)cc1-c1cccc2c(N)c(C(=O)NCC3COC3)c(=O)[nH]c12. The third-order valence-corrected chi connectivity index (χ3v) is 4.88. The Bertz CT molecular complexity index is 1090. The molecule has 0 aliphatic carbocycles. The van der Waals surface area contributed by atoms with E-state index in [4.69, 9.17) is 10.5 Å². The van der Waals surface area contributed by atoms with Crippen molar-refractivity contribution in [3.63, 3.8) is 0 Å². The molecule has 0 saturated carbocycles. The van der Waals surface area contributed by atoms with Gasteiger partial charge in [0.1, 0.15) is 5.56 Å². The summed E-state index contributed by atoms with van der Waals surface area (Å²) in [5.74, 6) is -0.180. The first kappa shape index (κ1) is 17.3. The Morgan fingerprint density at radius 1 is 1.41 bits per heavy atom. The van der Waals surface area contributed by atoms with Crippen LogP contribution in [0.1, 0.15) is 16.1 Å². The van der Waals surface area contributed by atoms with Crippen molar-refractivity contribution < 1.29 is 9.53 Å². The summed E-state index contributed by atoms with van der Waals surface area (Å²) in [6.45, 7) is 3.61. The van der Waals surface area contributed by atoms with Crippen molar-refractivity contribution in [2.24, 2.45) is 13.0 Å². The lowest BCUT2D eigenvalue weighted by Crippen LogP contribution is -2.40. The van der Waals surface area contributed by atoms with Crippen LogP contribution < -0.4 is 16.6 Å². The highest BCUT2D eigenvalue weighted by Gasteiger charge is 2.23. The molecule has 4 N–H and O–H groups in total. The van der Waals surface area contributed by atoms with Crippen molar-refractivity contribution >= 4 is 22.5 Å². The zero-order chi connectivity index (χ0) is 19.1. The molecule has 8 heteroatoms. The first-order valence-electron chi connectivity index (χ1n) is 8.76. The molecule has 0 spiro atoms. The number of rotatable bonds is 4. The van der Waals surface area contributed by atoms with Crippen molar-refractivity contribution in [2.45, 2.75) is 6.92 Å². The van der Waals surface area contributed by atoms with Gasteiger partial charge in [-0.2, -0.15) is 5.10 Å². The van der Waals surface area contributed by atoms with Crippen LogP contribution in [0.25, 0.3) is 22.0 Å². The van der Waals surface area contributed by atoms with Crippen molar-refractivity contribution in [2.75, 3.05) is 25.5 Å². The summed E-state index contributed by atoms with van der Waals surface area (Å²) in [4.78, 5) is 28.0. The Labute approximate surface area is 155 Å². The molecule has 3 heterocycles. The molecule has 4 rings (SSSR count). The number of nitrogen functional groups attached to an aromatic ring is 1. The van der Waals surface area contributed by atoms with Gasteiger partial charge in [-0.3, -0.25) is 14.3 Å². The molecular weight excluding hydrogens is 346 g/mol. The predicted molar refractivity (Wildman–Crippen MR) is 103 cm³/mol.